The molecule has 2 aliphatic rings. The van der Waals surface area contributed by atoms with Crippen molar-refractivity contribution >= 4 is 5.82 Å². The van der Waals surface area contributed by atoms with E-state index in [0.717, 1.165) is 47.6 Å². The number of pyridine rings is 1. The SMILES string of the molecule is Cc1cccc(-c2cccc(N3CCC4CC4C3)n2)c1O. The molecule has 3 heteroatoms. The van der Waals surface area contributed by atoms with E-state index in [9.17, 15) is 5.11 Å². The van der Waals surface area contributed by atoms with Crippen LogP contribution in [0.5, 0.6) is 5.75 Å². The smallest absolute Gasteiger partial charge is 0.129 e. The van der Waals surface area contributed by atoms with Gasteiger partial charge in [0.1, 0.15) is 11.6 Å². The van der Waals surface area contributed by atoms with Crippen molar-refractivity contribution in [1.29, 1.82) is 0 Å². The summed E-state index contributed by atoms with van der Waals surface area (Å²) >= 11 is 0. The number of hydrogen-bond donors (Lipinski definition) is 1. The molecule has 2 aromatic rings. The van der Waals surface area contributed by atoms with Gasteiger partial charge in [-0.2, -0.15) is 0 Å². The Kier molecular flexibility index (Phi) is 2.88. The topological polar surface area (TPSA) is 36.4 Å². The van der Waals surface area contributed by atoms with Gasteiger partial charge < -0.3 is 10.0 Å². The highest BCUT2D eigenvalue weighted by atomic mass is 16.3. The first-order chi connectivity index (χ1) is 10.2. The quantitative estimate of drug-likeness (QED) is 0.913. The molecule has 1 aromatic carbocycles. The molecule has 4 rings (SSSR count). The van der Waals surface area contributed by atoms with Crippen LogP contribution in [-0.4, -0.2) is 23.2 Å². The summed E-state index contributed by atoms with van der Waals surface area (Å²) in [5, 5.41) is 10.2. The van der Waals surface area contributed by atoms with Crippen LogP contribution in [0.4, 0.5) is 5.82 Å². The van der Waals surface area contributed by atoms with Crippen LogP contribution in [0.1, 0.15) is 18.4 Å². The lowest BCUT2D eigenvalue weighted by Gasteiger charge is -2.27. The number of fused-ring (bicyclic) bond motifs is 1. The lowest BCUT2D eigenvalue weighted by molar-refractivity contribution is 0.473. The van der Waals surface area contributed by atoms with Crippen molar-refractivity contribution in [2.24, 2.45) is 11.8 Å². The van der Waals surface area contributed by atoms with E-state index in [4.69, 9.17) is 4.98 Å². The molecule has 1 aliphatic carbocycles. The normalized spacial score (nSPS) is 23.8. The lowest BCUT2D eigenvalue weighted by Crippen LogP contribution is -2.31. The Morgan fingerprint density at radius 3 is 2.86 bits per heavy atom. The molecule has 1 saturated heterocycles. The molecular weight excluding hydrogens is 260 g/mol. The third-order valence-corrected chi connectivity index (χ3v) is 4.87. The summed E-state index contributed by atoms with van der Waals surface area (Å²) in [6.07, 6.45) is 2.70. The van der Waals surface area contributed by atoms with Gasteiger partial charge in [0, 0.05) is 18.7 Å². The highest BCUT2D eigenvalue weighted by Crippen LogP contribution is 2.45. The zero-order chi connectivity index (χ0) is 14.4. The van der Waals surface area contributed by atoms with Crippen LogP contribution in [0.15, 0.2) is 36.4 Å². The fourth-order valence-corrected chi connectivity index (χ4v) is 3.41. The first kappa shape index (κ1) is 12.7. The summed E-state index contributed by atoms with van der Waals surface area (Å²) in [4.78, 5) is 7.18. The Hall–Kier alpha value is -2.03. The van der Waals surface area contributed by atoms with Crippen molar-refractivity contribution in [2.75, 3.05) is 18.0 Å². The van der Waals surface area contributed by atoms with E-state index >= 15 is 0 Å². The largest absolute Gasteiger partial charge is 0.507 e. The van der Waals surface area contributed by atoms with Gasteiger partial charge in [0.15, 0.2) is 0 Å². The van der Waals surface area contributed by atoms with Gasteiger partial charge in [-0.25, -0.2) is 4.98 Å². The second kappa shape index (κ2) is 4.76. The maximum Gasteiger partial charge on any atom is 0.129 e. The number of phenolic OH excluding ortho intramolecular Hbond substituents is 1. The third kappa shape index (κ3) is 2.27. The maximum atomic E-state index is 10.2. The number of nitrogens with zero attached hydrogens (tertiary/aromatic N) is 2. The number of anilines is 1. The van der Waals surface area contributed by atoms with E-state index in [1.165, 1.54) is 12.8 Å². The third-order valence-electron chi connectivity index (χ3n) is 4.87. The number of aryl methyl sites for hydroxylation is 1. The fraction of sp³-hybridized carbons (Fsp3) is 0.389. The number of rotatable bonds is 2. The average Bonchev–Trinajstić information content (AvgIpc) is 3.28. The van der Waals surface area contributed by atoms with Gasteiger partial charge in [-0.3, -0.25) is 0 Å². The van der Waals surface area contributed by atoms with Crippen LogP contribution in [-0.2, 0) is 0 Å². The van der Waals surface area contributed by atoms with Crippen molar-refractivity contribution in [3.05, 3.63) is 42.0 Å². The van der Waals surface area contributed by atoms with Gasteiger partial charge in [0.05, 0.1) is 5.69 Å². The van der Waals surface area contributed by atoms with Crippen LogP contribution in [0, 0.1) is 18.8 Å². The van der Waals surface area contributed by atoms with E-state index < -0.39 is 0 Å². The number of benzene rings is 1. The minimum atomic E-state index is 0.336. The monoisotopic (exact) mass is 280 g/mol. The minimum absolute atomic E-state index is 0.336. The van der Waals surface area contributed by atoms with Gasteiger partial charge in [0.25, 0.3) is 0 Å². The molecule has 0 spiro atoms. The van der Waals surface area contributed by atoms with Gasteiger partial charge in [-0.05, 0) is 55.4 Å². The zero-order valence-corrected chi connectivity index (χ0v) is 12.3. The van der Waals surface area contributed by atoms with Crippen LogP contribution in [0.25, 0.3) is 11.3 Å². The van der Waals surface area contributed by atoms with Gasteiger partial charge in [-0.1, -0.05) is 18.2 Å². The molecule has 2 heterocycles. The Morgan fingerprint density at radius 1 is 1.14 bits per heavy atom. The van der Waals surface area contributed by atoms with Gasteiger partial charge >= 0.3 is 0 Å². The highest BCUT2D eigenvalue weighted by Gasteiger charge is 2.41. The number of piperidine rings is 1. The molecule has 1 saturated carbocycles. The molecule has 1 aromatic heterocycles. The molecule has 2 fully saturated rings. The van der Waals surface area contributed by atoms with Gasteiger partial charge in [0.2, 0.25) is 0 Å². The Balaban J connectivity index is 1.67. The number of hydrogen-bond acceptors (Lipinski definition) is 3. The Bertz CT molecular complexity index is 683. The van der Waals surface area contributed by atoms with E-state index in [2.05, 4.69) is 11.0 Å². The van der Waals surface area contributed by atoms with E-state index in [1.54, 1.807) is 0 Å². The summed E-state index contributed by atoms with van der Waals surface area (Å²) in [6, 6.07) is 11.9. The van der Waals surface area contributed by atoms with E-state index in [-0.39, 0.29) is 0 Å². The molecule has 0 radical (unpaired) electrons. The number of aromatic hydroxyl groups is 1. The molecule has 0 amide bonds. The minimum Gasteiger partial charge on any atom is -0.507 e. The second-order valence-corrected chi connectivity index (χ2v) is 6.34. The summed E-state index contributed by atoms with van der Waals surface area (Å²) in [5.41, 5.74) is 2.56. The molecule has 1 aliphatic heterocycles. The number of aromatic nitrogens is 1. The van der Waals surface area contributed by atoms with E-state index in [1.807, 2.05) is 37.3 Å². The maximum absolute atomic E-state index is 10.2. The van der Waals surface area contributed by atoms with Crippen molar-refractivity contribution < 1.29 is 5.11 Å². The number of phenols is 1. The van der Waals surface area contributed by atoms with Crippen LogP contribution in [0.2, 0.25) is 0 Å². The predicted molar refractivity (Wildman–Crippen MR) is 84.5 cm³/mol. The summed E-state index contributed by atoms with van der Waals surface area (Å²) in [5.74, 6) is 3.24. The molecule has 1 N–H and O–H groups in total. The molecule has 21 heavy (non-hydrogen) atoms. The van der Waals surface area contributed by atoms with Crippen molar-refractivity contribution in [2.45, 2.75) is 19.8 Å². The summed E-state index contributed by atoms with van der Waals surface area (Å²) in [6.45, 7) is 4.17. The predicted octanol–water partition coefficient (Wildman–Crippen LogP) is 3.61. The second-order valence-electron chi connectivity index (χ2n) is 6.34. The average molecular weight is 280 g/mol. The molecule has 3 nitrogen and oxygen atoms in total. The Labute approximate surface area is 125 Å². The highest BCUT2D eigenvalue weighted by molar-refractivity contribution is 5.69. The van der Waals surface area contributed by atoms with Gasteiger partial charge in [-0.15, -0.1) is 0 Å². The Morgan fingerprint density at radius 2 is 2.00 bits per heavy atom. The van der Waals surface area contributed by atoms with Crippen LogP contribution < -0.4 is 4.90 Å². The lowest BCUT2D eigenvalue weighted by atomic mass is 10.1. The van der Waals surface area contributed by atoms with Crippen LogP contribution in [0.3, 0.4) is 0 Å². The summed E-state index contributed by atoms with van der Waals surface area (Å²) < 4.78 is 0. The fourth-order valence-electron chi connectivity index (χ4n) is 3.41. The van der Waals surface area contributed by atoms with Crippen LogP contribution >= 0.6 is 0 Å². The standard InChI is InChI=1S/C18H20N2O/c1-12-4-2-5-15(18(12)21)16-6-3-7-17(19-16)20-9-8-13-10-14(13)11-20/h2-7,13-14,21H,8-11H2,1H3. The van der Waals surface area contributed by atoms with E-state index in [0.29, 0.717) is 5.75 Å². The number of para-hydroxylation sites is 1. The zero-order valence-electron chi connectivity index (χ0n) is 12.3. The van der Waals surface area contributed by atoms with Crippen molar-refractivity contribution in [1.82, 2.24) is 4.98 Å². The molecule has 2 atom stereocenters. The molecule has 108 valence electrons. The summed E-state index contributed by atoms with van der Waals surface area (Å²) in [7, 11) is 0. The molecule has 0 bridgehead atoms. The first-order valence-corrected chi connectivity index (χ1v) is 7.73. The van der Waals surface area contributed by atoms with Crippen molar-refractivity contribution in [3.63, 3.8) is 0 Å². The molecule has 2 unspecified atom stereocenters. The molecular formula is C18H20N2O. The first-order valence-electron chi connectivity index (χ1n) is 7.73. The van der Waals surface area contributed by atoms with Crippen molar-refractivity contribution in [3.8, 4) is 17.0 Å².